The van der Waals surface area contributed by atoms with Crippen molar-refractivity contribution in [1.82, 2.24) is 14.9 Å². The molecule has 2 N–H and O–H groups in total. The Bertz CT molecular complexity index is 388. The Hall–Kier alpha value is -1.69. The second kappa shape index (κ2) is 5.58. The first-order valence-corrected chi connectivity index (χ1v) is 5.33. The number of amides is 1. The van der Waals surface area contributed by atoms with E-state index in [2.05, 4.69) is 9.97 Å². The number of aryl methyl sites for hydroxylation is 1. The summed E-state index contributed by atoms with van der Waals surface area (Å²) < 4.78 is 5.01. The quantitative estimate of drug-likeness (QED) is 0.824. The van der Waals surface area contributed by atoms with Crippen LogP contribution >= 0.6 is 0 Å². The van der Waals surface area contributed by atoms with Gasteiger partial charge in [0.15, 0.2) is 0 Å². The molecular weight excluding hydrogens is 220 g/mol. The van der Waals surface area contributed by atoms with E-state index in [1.54, 1.807) is 32.0 Å². The van der Waals surface area contributed by atoms with Crippen molar-refractivity contribution in [1.29, 1.82) is 0 Å². The molecule has 1 rings (SSSR count). The minimum Gasteiger partial charge on any atom is -0.383 e. The normalized spacial score (nSPS) is 12.2. The van der Waals surface area contributed by atoms with Crippen LogP contribution in [0.2, 0.25) is 0 Å². The van der Waals surface area contributed by atoms with Crippen LogP contribution in [0.25, 0.3) is 0 Å². The summed E-state index contributed by atoms with van der Waals surface area (Å²) in [6, 6.07) is 1.60. The molecule has 1 heterocycles. The first-order chi connectivity index (χ1) is 7.95. The zero-order chi connectivity index (χ0) is 13.0. The van der Waals surface area contributed by atoms with Gasteiger partial charge in [0.05, 0.1) is 12.6 Å². The van der Waals surface area contributed by atoms with Gasteiger partial charge in [0.2, 0.25) is 5.95 Å². The molecule has 6 heteroatoms. The van der Waals surface area contributed by atoms with Crippen LogP contribution in [0.5, 0.6) is 0 Å². The summed E-state index contributed by atoms with van der Waals surface area (Å²) in [7, 11) is 3.31. The lowest BCUT2D eigenvalue weighted by atomic mass is 10.2. The van der Waals surface area contributed by atoms with E-state index in [0.717, 1.165) is 0 Å². The van der Waals surface area contributed by atoms with Crippen molar-refractivity contribution in [3.05, 3.63) is 17.5 Å². The molecule has 17 heavy (non-hydrogen) atoms. The Kier molecular flexibility index (Phi) is 4.39. The van der Waals surface area contributed by atoms with Gasteiger partial charge in [-0.15, -0.1) is 0 Å². The monoisotopic (exact) mass is 238 g/mol. The highest BCUT2D eigenvalue weighted by Gasteiger charge is 2.19. The second-order valence-corrected chi connectivity index (χ2v) is 3.97. The summed E-state index contributed by atoms with van der Waals surface area (Å²) >= 11 is 0. The third-order valence-electron chi connectivity index (χ3n) is 2.48. The molecule has 0 saturated heterocycles. The second-order valence-electron chi connectivity index (χ2n) is 3.97. The van der Waals surface area contributed by atoms with Crippen LogP contribution in [0.3, 0.4) is 0 Å². The van der Waals surface area contributed by atoms with Crippen LogP contribution in [0.4, 0.5) is 5.95 Å². The highest BCUT2D eigenvalue weighted by molar-refractivity contribution is 5.92. The van der Waals surface area contributed by atoms with Crippen LogP contribution < -0.4 is 5.73 Å². The van der Waals surface area contributed by atoms with Gasteiger partial charge in [-0.2, -0.15) is 0 Å². The molecule has 1 aromatic rings. The standard InChI is InChI=1S/C11H18N4O2/c1-7-5-9(14-11(12)13-7)10(16)15(3)8(2)6-17-4/h5,8H,6H2,1-4H3,(H2,12,13,14). The number of nitrogens with two attached hydrogens (primary N) is 1. The summed E-state index contributed by atoms with van der Waals surface area (Å²) in [6.45, 7) is 4.15. The van der Waals surface area contributed by atoms with Crippen LogP contribution in [0.1, 0.15) is 23.1 Å². The lowest BCUT2D eigenvalue weighted by Crippen LogP contribution is -2.38. The van der Waals surface area contributed by atoms with Gasteiger partial charge < -0.3 is 15.4 Å². The van der Waals surface area contributed by atoms with Gasteiger partial charge in [0.1, 0.15) is 5.69 Å². The topological polar surface area (TPSA) is 81.3 Å². The van der Waals surface area contributed by atoms with Gasteiger partial charge in [-0.05, 0) is 19.9 Å². The van der Waals surface area contributed by atoms with Crippen LogP contribution in [-0.4, -0.2) is 47.6 Å². The van der Waals surface area contributed by atoms with E-state index < -0.39 is 0 Å². The molecule has 1 amide bonds. The van der Waals surface area contributed by atoms with Crippen molar-refractivity contribution >= 4 is 11.9 Å². The Morgan fingerprint density at radius 1 is 1.59 bits per heavy atom. The molecule has 0 aliphatic carbocycles. The number of hydrogen-bond donors (Lipinski definition) is 1. The number of likely N-dealkylation sites (N-methyl/N-ethyl adjacent to an activating group) is 1. The Balaban J connectivity index is 2.88. The molecule has 0 saturated carbocycles. The van der Waals surface area contributed by atoms with E-state index in [1.807, 2.05) is 6.92 Å². The number of carbonyl (C=O) groups excluding carboxylic acids is 1. The summed E-state index contributed by atoms with van der Waals surface area (Å²) in [5, 5.41) is 0. The van der Waals surface area contributed by atoms with Gasteiger partial charge in [0, 0.05) is 19.9 Å². The van der Waals surface area contributed by atoms with Crippen LogP contribution in [0, 0.1) is 6.92 Å². The van der Waals surface area contributed by atoms with Gasteiger partial charge in [-0.1, -0.05) is 0 Å². The average molecular weight is 238 g/mol. The molecule has 0 aromatic carbocycles. The zero-order valence-electron chi connectivity index (χ0n) is 10.6. The first-order valence-electron chi connectivity index (χ1n) is 5.33. The average Bonchev–Trinajstić information content (AvgIpc) is 2.26. The number of methoxy groups -OCH3 is 1. The predicted octanol–water partition coefficient (Wildman–Crippen LogP) is 0.474. The number of rotatable bonds is 4. The van der Waals surface area contributed by atoms with Crippen molar-refractivity contribution in [3.63, 3.8) is 0 Å². The number of carbonyl (C=O) groups is 1. The summed E-state index contributed by atoms with van der Waals surface area (Å²) in [5.74, 6) is -0.0760. The number of anilines is 1. The molecule has 94 valence electrons. The molecule has 0 radical (unpaired) electrons. The number of nitrogens with zero attached hydrogens (tertiary/aromatic N) is 3. The van der Waals surface area contributed by atoms with Crippen molar-refractivity contribution in [2.24, 2.45) is 0 Å². The van der Waals surface area contributed by atoms with E-state index >= 15 is 0 Å². The van der Waals surface area contributed by atoms with Crippen molar-refractivity contribution in [2.45, 2.75) is 19.9 Å². The van der Waals surface area contributed by atoms with E-state index in [9.17, 15) is 4.79 Å². The Morgan fingerprint density at radius 3 is 2.76 bits per heavy atom. The zero-order valence-corrected chi connectivity index (χ0v) is 10.6. The third kappa shape index (κ3) is 3.39. The summed E-state index contributed by atoms with van der Waals surface area (Å²) in [6.07, 6.45) is 0. The molecule has 0 aliphatic rings. The number of ether oxygens (including phenoxy) is 1. The molecule has 0 aliphatic heterocycles. The van der Waals surface area contributed by atoms with Gasteiger partial charge in [-0.25, -0.2) is 9.97 Å². The van der Waals surface area contributed by atoms with Gasteiger partial charge in [-0.3, -0.25) is 4.79 Å². The largest absolute Gasteiger partial charge is 0.383 e. The van der Waals surface area contributed by atoms with E-state index in [-0.39, 0.29) is 17.9 Å². The van der Waals surface area contributed by atoms with Crippen molar-refractivity contribution in [2.75, 3.05) is 26.5 Å². The fourth-order valence-electron chi connectivity index (χ4n) is 1.43. The molecule has 1 unspecified atom stereocenters. The maximum atomic E-state index is 12.1. The molecule has 0 bridgehead atoms. The minimum atomic E-state index is -0.188. The van der Waals surface area contributed by atoms with Gasteiger partial charge >= 0.3 is 0 Å². The molecule has 0 spiro atoms. The van der Waals surface area contributed by atoms with E-state index in [1.165, 1.54) is 0 Å². The molecule has 0 fully saturated rings. The lowest BCUT2D eigenvalue weighted by molar-refractivity contribution is 0.0628. The molecule has 6 nitrogen and oxygen atoms in total. The smallest absolute Gasteiger partial charge is 0.272 e. The predicted molar refractivity (Wildman–Crippen MR) is 64.6 cm³/mol. The van der Waals surface area contributed by atoms with Crippen molar-refractivity contribution in [3.8, 4) is 0 Å². The Morgan fingerprint density at radius 2 is 2.24 bits per heavy atom. The van der Waals surface area contributed by atoms with Gasteiger partial charge in [0.25, 0.3) is 5.91 Å². The first kappa shape index (κ1) is 13.4. The summed E-state index contributed by atoms with van der Waals surface area (Å²) in [4.78, 5) is 21.5. The van der Waals surface area contributed by atoms with Crippen molar-refractivity contribution < 1.29 is 9.53 Å². The Labute approximate surface area is 101 Å². The fraction of sp³-hybridized carbons (Fsp3) is 0.545. The SMILES string of the molecule is COCC(C)N(C)C(=O)c1cc(C)nc(N)n1. The number of aromatic nitrogens is 2. The molecular formula is C11H18N4O2. The van der Waals surface area contributed by atoms with E-state index in [4.69, 9.17) is 10.5 Å². The van der Waals surface area contributed by atoms with Crippen LogP contribution in [-0.2, 0) is 4.74 Å². The van der Waals surface area contributed by atoms with E-state index in [0.29, 0.717) is 18.0 Å². The fourth-order valence-corrected chi connectivity index (χ4v) is 1.43. The maximum Gasteiger partial charge on any atom is 0.272 e. The number of hydrogen-bond acceptors (Lipinski definition) is 5. The number of nitrogen functional groups attached to an aromatic ring is 1. The minimum absolute atomic E-state index is 0.0241. The maximum absolute atomic E-state index is 12.1. The molecule has 1 aromatic heterocycles. The van der Waals surface area contributed by atoms with Crippen LogP contribution in [0.15, 0.2) is 6.07 Å². The third-order valence-corrected chi connectivity index (χ3v) is 2.48. The lowest BCUT2D eigenvalue weighted by Gasteiger charge is -2.23. The molecule has 1 atom stereocenters. The highest BCUT2D eigenvalue weighted by Crippen LogP contribution is 2.07. The highest BCUT2D eigenvalue weighted by atomic mass is 16.5. The summed E-state index contributed by atoms with van der Waals surface area (Å²) in [5.41, 5.74) is 6.50.